The summed E-state index contributed by atoms with van der Waals surface area (Å²) in [5.41, 5.74) is 0. The van der Waals surface area contributed by atoms with Gasteiger partial charge in [-0.05, 0) is 38.5 Å². The number of carboxylic acids is 3. The normalized spacial score (nSPS) is 11.8. The Kier molecular flexibility index (Phi) is 16.8. The number of carbonyl (C=O) groups is 3. The molecule has 0 spiro atoms. The SMILES string of the molecule is CCCCCCC/C=C/CCCCC[N+](CCC(=O)O)(CCC(=O)O)CCC(=O)O. The summed E-state index contributed by atoms with van der Waals surface area (Å²) in [6.07, 6.45) is 15.6. The van der Waals surface area contributed by atoms with Gasteiger partial charge in [0, 0.05) is 0 Å². The van der Waals surface area contributed by atoms with Crippen molar-refractivity contribution in [2.75, 3.05) is 26.2 Å². The van der Waals surface area contributed by atoms with Crippen molar-refractivity contribution in [3.05, 3.63) is 12.2 Å². The van der Waals surface area contributed by atoms with Crippen LogP contribution in [0.3, 0.4) is 0 Å². The molecule has 7 nitrogen and oxygen atoms in total. The van der Waals surface area contributed by atoms with Gasteiger partial charge in [0.1, 0.15) is 0 Å². The molecule has 0 aromatic rings. The molecule has 0 aromatic heterocycles. The van der Waals surface area contributed by atoms with E-state index in [0.29, 0.717) is 6.54 Å². The number of quaternary nitrogens is 1. The van der Waals surface area contributed by atoms with Crippen molar-refractivity contribution < 1.29 is 34.2 Å². The first kappa shape index (κ1) is 28.1. The van der Waals surface area contributed by atoms with Crippen LogP contribution < -0.4 is 0 Å². The van der Waals surface area contributed by atoms with E-state index >= 15 is 0 Å². The lowest BCUT2D eigenvalue weighted by atomic mass is 10.1. The van der Waals surface area contributed by atoms with Crippen LogP contribution in [0.1, 0.15) is 90.4 Å². The Bertz CT molecular complexity index is 472. The first-order valence-electron chi connectivity index (χ1n) is 11.5. The molecule has 0 aliphatic heterocycles. The maximum Gasteiger partial charge on any atom is 0.309 e. The van der Waals surface area contributed by atoms with Gasteiger partial charge in [-0.3, -0.25) is 14.4 Å². The third kappa shape index (κ3) is 17.0. The largest absolute Gasteiger partial charge is 0.481 e. The predicted molar refractivity (Wildman–Crippen MR) is 117 cm³/mol. The summed E-state index contributed by atoms with van der Waals surface area (Å²) in [6.45, 7) is 3.65. The van der Waals surface area contributed by atoms with Crippen LogP contribution in [0.25, 0.3) is 0 Å². The zero-order valence-electron chi connectivity index (χ0n) is 18.7. The number of aliphatic carboxylic acids is 3. The van der Waals surface area contributed by atoms with Crippen molar-refractivity contribution in [2.24, 2.45) is 0 Å². The monoisotopic (exact) mass is 428 g/mol. The molecule has 0 saturated heterocycles. The van der Waals surface area contributed by atoms with Crippen LogP contribution in [-0.4, -0.2) is 63.9 Å². The van der Waals surface area contributed by atoms with E-state index in [-0.39, 0.29) is 43.4 Å². The minimum Gasteiger partial charge on any atom is -0.481 e. The molecular formula is C23H42NO6+. The standard InChI is InChI=1S/C23H41NO6/c1-2-3-4-5-6-7-8-9-10-11-12-13-17-24(18-14-21(25)26,19-15-22(27)28)20-16-23(29)30/h8-9H,2-7,10-20H2,1H3,(H2-,25,26,27,28,29,30)/p+1/b9-8+. The topological polar surface area (TPSA) is 112 Å². The van der Waals surface area contributed by atoms with E-state index in [1.54, 1.807) is 0 Å². The third-order valence-electron chi connectivity index (χ3n) is 5.54. The minimum atomic E-state index is -0.942. The Hall–Kier alpha value is -1.89. The fourth-order valence-corrected chi connectivity index (χ4v) is 3.66. The van der Waals surface area contributed by atoms with Crippen molar-refractivity contribution in [1.29, 1.82) is 0 Å². The van der Waals surface area contributed by atoms with Crippen molar-refractivity contribution in [3.63, 3.8) is 0 Å². The van der Waals surface area contributed by atoms with E-state index in [1.807, 2.05) is 0 Å². The lowest BCUT2D eigenvalue weighted by Gasteiger charge is -2.38. The van der Waals surface area contributed by atoms with E-state index < -0.39 is 17.9 Å². The highest BCUT2D eigenvalue weighted by Crippen LogP contribution is 2.16. The average molecular weight is 429 g/mol. The smallest absolute Gasteiger partial charge is 0.309 e. The van der Waals surface area contributed by atoms with Crippen molar-refractivity contribution in [1.82, 2.24) is 0 Å². The van der Waals surface area contributed by atoms with Crippen LogP contribution in [-0.2, 0) is 14.4 Å². The van der Waals surface area contributed by atoms with Crippen LogP contribution in [0.5, 0.6) is 0 Å². The molecule has 0 unspecified atom stereocenters. The quantitative estimate of drug-likeness (QED) is 0.139. The van der Waals surface area contributed by atoms with Crippen LogP contribution in [0, 0.1) is 0 Å². The van der Waals surface area contributed by atoms with Crippen LogP contribution >= 0.6 is 0 Å². The average Bonchev–Trinajstić information content (AvgIpc) is 2.69. The number of nitrogens with zero attached hydrogens (tertiary/aromatic N) is 1. The fourth-order valence-electron chi connectivity index (χ4n) is 3.66. The lowest BCUT2D eigenvalue weighted by molar-refractivity contribution is -0.927. The molecule has 0 fully saturated rings. The molecule has 3 N–H and O–H groups in total. The van der Waals surface area contributed by atoms with E-state index in [4.69, 9.17) is 15.3 Å². The highest BCUT2D eigenvalue weighted by atomic mass is 16.4. The number of carboxylic acid groups (broad SMARTS) is 3. The van der Waals surface area contributed by atoms with Gasteiger partial charge < -0.3 is 19.8 Å². The molecule has 0 amide bonds. The molecule has 0 rings (SSSR count). The van der Waals surface area contributed by atoms with Gasteiger partial charge >= 0.3 is 17.9 Å². The summed E-state index contributed by atoms with van der Waals surface area (Å²) < 4.78 is 0.249. The first-order chi connectivity index (χ1) is 14.3. The second kappa shape index (κ2) is 17.9. The van der Waals surface area contributed by atoms with Gasteiger partial charge in [-0.15, -0.1) is 0 Å². The number of allylic oxidation sites excluding steroid dienone is 2. The molecule has 0 aliphatic rings. The zero-order chi connectivity index (χ0) is 22.7. The van der Waals surface area contributed by atoms with E-state index in [0.717, 1.165) is 32.1 Å². The number of rotatable bonds is 21. The van der Waals surface area contributed by atoms with Crippen LogP contribution in [0.4, 0.5) is 0 Å². The molecular weight excluding hydrogens is 386 g/mol. The number of hydrogen-bond donors (Lipinski definition) is 3. The Balaban J connectivity index is 4.40. The molecule has 0 radical (unpaired) electrons. The summed E-state index contributed by atoms with van der Waals surface area (Å²) in [7, 11) is 0. The van der Waals surface area contributed by atoms with Crippen molar-refractivity contribution in [2.45, 2.75) is 90.4 Å². The second-order valence-corrected chi connectivity index (χ2v) is 8.19. The maximum atomic E-state index is 11.0. The van der Waals surface area contributed by atoms with Gasteiger partial charge in [-0.2, -0.15) is 0 Å². The fraction of sp³-hybridized carbons (Fsp3) is 0.783. The van der Waals surface area contributed by atoms with Crippen molar-refractivity contribution >= 4 is 17.9 Å². The Morgan fingerprint density at radius 2 is 1.00 bits per heavy atom. The van der Waals surface area contributed by atoms with Gasteiger partial charge in [0.25, 0.3) is 0 Å². The van der Waals surface area contributed by atoms with Gasteiger partial charge in [-0.25, -0.2) is 0 Å². The van der Waals surface area contributed by atoms with Crippen molar-refractivity contribution in [3.8, 4) is 0 Å². The molecule has 0 aromatic carbocycles. The predicted octanol–water partition coefficient (Wildman–Crippen LogP) is 4.70. The molecule has 0 aliphatic carbocycles. The van der Waals surface area contributed by atoms with Gasteiger partial charge in [0.15, 0.2) is 0 Å². The number of unbranched alkanes of at least 4 members (excludes halogenated alkanes) is 8. The van der Waals surface area contributed by atoms with E-state index in [2.05, 4.69) is 19.1 Å². The second-order valence-electron chi connectivity index (χ2n) is 8.19. The summed E-state index contributed by atoms with van der Waals surface area (Å²) in [6, 6.07) is 0. The molecule has 30 heavy (non-hydrogen) atoms. The molecule has 174 valence electrons. The van der Waals surface area contributed by atoms with Gasteiger partial charge in [-0.1, -0.05) is 44.8 Å². The molecule has 0 heterocycles. The highest BCUT2D eigenvalue weighted by molar-refractivity contribution is 5.67. The van der Waals surface area contributed by atoms with Gasteiger partial charge in [0.05, 0.1) is 45.4 Å². The zero-order valence-corrected chi connectivity index (χ0v) is 18.7. The summed E-state index contributed by atoms with van der Waals surface area (Å²) in [4.78, 5) is 33.1. The Morgan fingerprint density at radius 3 is 1.40 bits per heavy atom. The first-order valence-corrected chi connectivity index (χ1v) is 11.5. The molecule has 0 atom stereocenters. The third-order valence-corrected chi connectivity index (χ3v) is 5.54. The summed E-state index contributed by atoms with van der Waals surface area (Å²) in [5.74, 6) is -2.83. The summed E-state index contributed by atoms with van der Waals surface area (Å²) in [5, 5.41) is 27.2. The summed E-state index contributed by atoms with van der Waals surface area (Å²) >= 11 is 0. The molecule has 7 heteroatoms. The Morgan fingerprint density at radius 1 is 0.600 bits per heavy atom. The maximum absolute atomic E-state index is 11.0. The molecule has 0 bridgehead atoms. The van der Waals surface area contributed by atoms with Crippen LogP contribution in [0.2, 0.25) is 0 Å². The van der Waals surface area contributed by atoms with Gasteiger partial charge in [0.2, 0.25) is 0 Å². The highest BCUT2D eigenvalue weighted by Gasteiger charge is 2.29. The van der Waals surface area contributed by atoms with E-state index in [9.17, 15) is 14.4 Å². The number of hydrogen-bond acceptors (Lipinski definition) is 3. The minimum absolute atomic E-state index is 0.0831. The van der Waals surface area contributed by atoms with Crippen LogP contribution in [0.15, 0.2) is 12.2 Å². The Labute approximate surface area is 181 Å². The van der Waals surface area contributed by atoms with E-state index in [1.165, 1.54) is 32.1 Å². The lowest BCUT2D eigenvalue weighted by Crippen LogP contribution is -2.52. The molecule has 0 saturated carbocycles.